The van der Waals surface area contributed by atoms with Crippen molar-refractivity contribution in [3.05, 3.63) is 48.6 Å². The molecule has 2 N–H and O–H groups in total. The lowest BCUT2D eigenvalue weighted by atomic mass is 10.2. The summed E-state index contributed by atoms with van der Waals surface area (Å²) in [7, 11) is 0. The normalized spacial score (nSPS) is 11.4. The van der Waals surface area contributed by atoms with Crippen molar-refractivity contribution in [2.24, 2.45) is 0 Å². The van der Waals surface area contributed by atoms with E-state index in [0.717, 1.165) is 5.56 Å². The Morgan fingerprint density at radius 1 is 1.35 bits per heavy atom. The number of nitrogens with one attached hydrogen (secondary N) is 1. The van der Waals surface area contributed by atoms with Gasteiger partial charge in [-0.2, -0.15) is 0 Å². The second-order valence-electron chi connectivity index (χ2n) is 3.92. The van der Waals surface area contributed by atoms with E-state index in [1.165, 1.54) is 6.08 Å². The molecule has 1 amide bonds. The molecule has 1 aromatic rings. The molecule has 0 aliphatic rings. The Morgan fingerprint density at radius 3 is 2.65 bits per heavy atom. The van der Waals surface area contributed by atoms with Gasteiger partial charge in [0.05, 0.1) is 13.2 Å². The first-order chi connectivity index (χ1) is 9.63. The fourth-order valence-electron chi connectivity index (χ4n) is 1.36. The molecule has 108 valence electrons. The maximum Gasteiger partial charge on any atom is 0.408 e. The van der Waals surface area contributed by atoms with Crippen molar-refractivity contribution in [1.29, 1.82) is 0 Å². The topological polar surface area (TPSA) is 84.9 Å². The van der Waals surface area contributed by atoms with Crippen LogP contribution in [0.5, 0.6) is 0 Å². The maximum absolute atomic E-state index is 11.2. The molecule has 1 rings (SSSR count). The average molecular weight is 279 g/mol. The number of rotatable bonds is 8. The van der Waals surface area contributed by atoms with E-state index in [2.05, 4.69) is 16.6 Å². The molecular formula is C14H17NO5. The highest BCUT2D eigenvalue weighted by Gasteiger charge is 2.20. The molecule has 0 heterocycles. The SMILES string of the molecule is C=CCOC(=O)N[C@@H](COCc1ccccc1)C(=O)O. The van der Waals surface area contributed by atoms with Crippen LogP contribution in [0, 0.1) is 0 Å². The number of hydrogen-bond acceptors (Lipinski definition) is 4. The standard InChI is InChI=1S/C14H17NO5/c1-2-8-20-14(18)15-12(13(16)17)10-19-9-11-6-4-3-5-7-11/h2-7,12H,1,8-10H2,(H,15,18)(H,16,17)/t12-/m0/s1. The quantitative estimate of drug-likeness (QED) is 0.705. The van der Waals surface area contributed by atoms with E-state index in [1.54, 1.807) is 0 Å². The van der Waals surface area contributed by atoms with E-state index in [1.807, 2.05) is 30.3 Å². The Kier molecular flexibility index (Phi) is 6.84. The summed E-state index contributed by atoms with van der Waals surface area (Å²) < 4.78 is 9.93. The fourth-order valence-corrected chi connectivity index (χ4v) is 1.36. The highest BCUT2D eigenvalue weighted by Crippen LogP contribution is 2.01. The summed E-state index contributed by atoms with van der Waals surface area (Å²) in [6, 6.07) is 8.16. The van der Waals surface area contributed by atoms with Gasteiger partial charge in [-0.05, 0) is 5.56 Å². The Morgan fingerprint density at radius 2 is 2.05 bits per heavy atom. The summed E-state index contributed by atoms with van der Waals surface area (Å²) >= 11 is 0. The molecule has 0 saturated heterocycles. The molecule has 6 heteroatoms. The molecule has 0 unspecified atom stereocenters. The second-order valence-corrected chi connectivity index (χ2v) is 3.92. The smallest absolute Gasteiger partial charge is 0.408 e. The van der Waals surface area contributed by atoms with Gasteiger partial charge in [-0.25, -0.2) is 9.59 Å². The van der Waals surface area contributed by atoms with E-state index in [4.69, 9.17) is 9.84 Å². The van der Waals surface area contributed by atoms with Gasteiger partial charge in [0.1, 0.15) is 6.61 Å². The number of benzene rings is 1. The predicted molar refractivity (Wildman–Crippen MR) is 72.2 cm³/mol. The number of ether oxygens (including phenoxy) is 2. The third-order valence-electron chi connectivity index (χ3n) is 2.32. The molecule has 20 heavy (non-hydrogen) atoms. The Hall–Kier alpha value is -2.34. The number of carbonyl (C=O) groups excluding carboxylic acids is 1. The Bertz CT molecular complexity index is 446. The average Bonchev–Trinajstić information content (AvgIpc) is 2.45. The van der Waals surface area contributed by atoms with Gasteiger partial charge in [0, 0.05) is 0 Å². The molecule has 0 aliphatic carbocycles. The lowest BCUT2D eigenvalue weighted by Crippen LogP contribution is -2.44. The number of carbonyl (C=O) groups is 2. The van der Waals surface area contributed by atoms with Crippen molar-refractivity contribution in [1.82, 2.24) is 5.32 Å². The Balaban J connectivity index is 2.37. The van der Waals surface area contributed by atoms with Crippen molar-refractivity contribution >= 4 is 12.1 Å². The minimum Gasteiger partial charge on any atom is -0.480 e. The van der Waals surface area contributed by atoms with Gasteiger partial charge in [0.15, 0.2) is 6.04 Å². The summed E-state index contributed by atoms with van der Waals surface area (Å²) in [6.45, 7) is 3.53. The summed E-state index contributed by atoms with van der Waals surface area (Å²) in [6.07, 6.45) is 0.571. The largest absolute Gasteiger partial charge is 0.480 e. The Labute approximate surface area is 117 Å². The van der Waals surface area contributed by atoms with Gasteiger partial charge in [-0.3, -0.25) is 0 Å². The summed E-state index contributed by atoms with van der Waals surface area (Å²) in [4.78, 5) is 22.2. The fraction of sp³-hybridized carbons (Fsp3) is 0.286. The number of amides is 1. The molecule has 0 saturated carbocycles. The molecule has 0 spiro atoms. The summed E-state index contributed by atoms with van der Waals surface area (Å²) in [5.74, 6) is -1.19. The van der Waals surface area contributed by atoms with Gasteiger partial charge in [-0.1, -0.05) is 43.0 Å². The van der Waals surface area contributed by atoms with Crippen LogP contribution in [0.4, 0.5) is 4.79 Å². The van der Waals surface area contributed by atoms with Crippen LogP contribution in [0.1, 0.15) is 5.56 Å². The number of alkyl carbamates (subject to hydrolysis) is 1. The zero-order valence-electron chi connectivity index (χ0n) is 11.0. The molecule has 0 aliphatic heterocycles. The minimum atomic E-state index is -1.19. The first kappa shape index (κ1) is 15.7. The molecule has 0 radical (unpaired) electrons. The van der Waals surface area contributed by atoms with Crippen LogP contribution in [0.3, 0.4) is 0 Å². The number of aliphatic carboxylic acids is 1. The molecule has 0 fully saturated rings. The molecule has 1 atom stereocenters. The molecule has 6 nitrogen and oxygen atoms in total. The van der Waals surface area contributed by atoms with Crippen molar-refractivity contribution in [2.75, 3.05) is 13.2 Å². The first-order valence-electron chi connectivity index (χ1n) is 6.02. The van der Waals surface area contributed by atoms with Crippen LogP contribution < -0.4 is 5.32 Å². The molecule has 0 bridgehead atoms. The van der Waals surface area contributed by atoms with E-state index >= 15 is 0 Å². The van der Waals surface area contributed by atoms with Gasteiger partial charge >= 0.3 is 12.1 Å². The van der Waals surface area contributed by atoms with E-state index < -0.39 is 18.1 Å². The van der Waals surface area contributed by atoms with Gasteiger partial charge < -0.3 is 19.9 Å². The number of hydrogen-bond donors (Lipinski definition) is 2. The second kappa shape index (κ2) is 8.71. The van der Waals surface area contributed by atoms with Crippen LogP contribution in [0.15, 0.2) is 43.0 Å². The van der Waals surface area contributed by atoms with Crippen molar-refractivity contribution < 1.29 is 24.2 Å². The predicted octanol–water partition coefficient (Wildman–Crippen LogP) is 1.57. The van der Waals surface area contributed by atoms with Crippen LogP contribution in [0.2, 0.25) is 0 Å². The van der Waals surface area contributed by atoms with E-state index in [9.17, 15) is 9.59 Å². The molecule has 0 aromatic heterocycles. The molecular weight excluding hydrogens is 262 g/mol. The van der Waals surface area contributed by atoms with Gasteiger partial charge in [-0.15, -0.1) is 0 Å². The lowest BCUT2D eigenvalue weighted by Gasteiger charge is -2.14. The first-order valence-corrected chi connectivity index (χ1v) is 6.02. The lowest BCUT2D eigenvalue weighted by molar-refractivity contribution is -0.141. The third-order valence-corrected chi connectivity index (χ3v) is 2.32. The van der Waals surface area contributed by atoms with Crippen LogP contribution in [0.25, 0.3) is 0 Å². The van der Waals surface area contributed by atoms with Crippen molar-refractivity contribution in [2.45, 2.75) is 12.6 Å². The highest BCUT2D eigenvalue weighted by atomic mass is 16.5. The monoisotopic (exact) mass is 279 g/mol. The van der Waals surface area contributed by atoms with Gasteiger partial charge in [0.25, 0.3) is 0 Å². The van der Waals surface area contributed by atoms with Crippen molar-refractivity contribution in [3.63, 3.8) is 0 Å². The zero-order valence-corrected chi connectivity index (χ0v) is 11.0. The van der Waals surface area contributed by atoms with Crippen LogP contribution in [-0.4, -0.2) is 36.4 Å². The van der Waals surface area contributed by atoms with Gasteiger partial charge in [0.2, 0.25) is 0 Å². The maximum atomic E-state index is 11.2. The van der Waals surface area contributed by atoms with Crippen LogP contribution in [-0.2, 0) is 20.9 Å². The highest BCUT2D eigenvalue weighted by molar-refractivity contribution is 5.80. The summed E-state index contributed by atoms with van der Waals surface area (Å²) in [5, 5.41) is 11.2. The number of carboxylic acids is 1. The van der Waals surface area contributed by atoms with Crippen molar-refractivity contribution in [3.8, 4) is 0 Å². The van der Waals surface area contributed by atoms with E-state index in [0.29, 0.717) is 0 Å². The van der Waals surface area contributed by atoms with E-state index in [-0.39, 0.29) is 19.8 Å². The van der Waals surface area contributed by atoms with Crippen LogP contribution >= 0.6 is 0 Å². The molecule has 1 aromatic carbocycles. The third kappa shape index (κ3) is 6.01. The summed E-state index contributed by atoms with van der Waals surface area (Å²) in [5.41, 5.74) is 0.922. The zero-order chi connectivity index (χ0) is 14.8. The minimum absolute atomic E-state index is 0.0169. The number of carboxylic acid groups (broad SMARTS) is 1.